The van der Waals surface area contributed by atoms with Gasteiger partial charge in [0.05, 0.1) is 6.54 Å². The van der Waals surface area contributed by atoms with Crippen LogP contribution in [0, 0.1) is 25.2 Å². The predicted octanol–water partition coefficient (Wildman–Crippen LogP) is 3.51. The molecule has 3 rings (SSSR count). The van der Waals surface area contributed by atoms with Gasteiger partial charge in [0.25, 0.3) is 0 Å². The first kappa shape index (κ1) is 15.8. The van der Waals surface area contributed by atoms with Crippen molar-refractivity contribution in [3.63, 3.8) is 0 Å². The van der Waals surface area contributed by atoms with E-state index < -0.39 is 0 Å². The van der Waals surface area contributed by atoms with Gasteiger partial charge >= 0.3 is 0 Å². The Kier molecular flexibility index (Phi) is 4.57. The molecule has 0 aliphatic heterocycles. The lowest BCUT2D eigenvalue weighted by Crippen LogP contribution is -2.11. The Morgan fingerprint density at radius 2 is 1.96 bits per heavy atom. The molecule has 5 nitrogen and oxygen atoms in total. The molecule has 0 unspecified atom stereocenters. The highest BCUT2D eigenvalue weighted by molar-refractivity contribution is 5.68. The van der Waals surface area contributed by atoms with Gasteiger partial charge in [-0.05, 0) is 37.1 Å². The first-order chi connectivity index (χ1) is 11.7. The van der Waals surface area contributed by atoms with E-state index in [0.717, 1.165) is 28.1 Å². The summed E-state index contributed by atoms with van der Waals surface area (Å²) in [5, 5.41) is 17.4. The van der Waals surface area contributed by atoms with Crippen LogP contribution in [0.2, 0.25) is 0 Å². The van der Waals surface area contributed by atoms with Crippen LogP contribution in [0.15, 0.2) is 48.5 Å². The van der Waals surface area contributed by atoms with Crippen molar-refractivity contribution in [2.24, 2.45) is 0 Å². The van der Waals surface area contributed by atoms with Crippen LogP contribution in [0.3, 0.4) is 0 Å². The second-order valence-electron chi connectivity index (χ2n) is 5.60. The Bertz CT molecular complexity index is 892. The molecule has 0 saturated carbocycles. The summed E-state index contributed by atoms with van der Waals surface area (Å²) in [6, 6.07) is 17.9. The van der Waals surface area contributed by atoms with Crippen LogP contribution in [0.25, 0.3) is 11.3 Å². The maximum Gasteiger partial charge on any atom is 0.190 e. The van der Waals surface area contributed by atoms with Gasteiger partial charge in [0.15, 0.2) is 5.69 Å². The van der Waals surface area contributed by atoms with E-state index in [1.165, 1.54) is 0 Å². The standard InChI is InChI=1S/C19H18N4O/c1-14-6-5-8-16(12-14)24-11-10-23-19(18(13-20)21-22-23)17-9-4-3-7-15(17)2/h3-9,12H,10-11H2,1-2H3. The number of aryl methyl sites for hydroxylation is 2. The summed E-state index contributed by atoms with van der Waals surface area (Å²) in [4.78, 5) is 0. The van der Waals surface area contributed by atoms with Crippen molar-refractivity contribution in [3.8, 4) is 23.1 Å². The minimum Gasteiger partial charge on any atom is -0.492 e. The highest BCUT2D eigenvalue weighted by Gasteiger charge is 2.16. The smallest absolute Gasteiger partial charge is 0.190 e. The Labute approximate surface area is 141 Å². The summed E-state index contributed by atoms with van der Waals surface area (Å²) in [6.45, 7) is 5.01. The SMILES string of the molecule is Cc1cccc(OCCn2nnc(C#N)c2-c2ccccc2C)c1. The van der Waals surface area contributed by atoms with E-state index in [-0.39, 0.29) is 0 Å². The van der Waals surface area contributed by atoms with Crippen LogP contribution in [-0.4, -0.2) is 21.6 Å². The van der Waals surface area contributed by atoms with Gasteiger partial charge in [0.2, 0.25) is 0 Å². The Morgan fingerprint density at radius 1 is 1.12 bits per heavy atom. The second-order valence-corrected chi connectivity index (χ2v) is 5.60. The summed E-state index contributed by atoms with van der Waals surface area (Å²) in [6.07, 6.45) is 0. The van der Waals surface area contributed by atoms with Crippen LogP contribution in [0.1, 0.15) is 16.8 Å². The third kappa shape index (κ3) is 3.28. The van der Waals surface area contributed by atoms with Gasteiger partial charge in [-0.15, -0.1) is 5.10 Å². The molecule has 1 aromatic heterocycles. The van der Waals surface area contributed by atoms with Gasteiger partial charge in [-0.25, -0.2) is 4.68 Å². The minimum atomic E-state index is 0.333. The summed E-state index contributed by atoms with van der Waals surface area (Å²) in [5.41, 5.74) is 4.27. The van der Waals surface area contributed by atoms with Crippen molar-refractivity contribution in [1.82, 2.24) is 15.0 Å². The normalized spacial score (nSPS) is 10.4. The van der Waals surface area contributed by atoms with Gasteiger partial charge in [-0.2, -0.15) is 5.26 Å². The summed E-state index contributed by atoms with van der Waals surface area (Å²) < 4.78 is 7.52. The fourth-order valence-corrected chi connectivity index (χ4v) is 2.61. The Morgan fingerprint density at radius 3 is 2.71 bits per heavy atom. The quantitative estimate of drug-likeness (QED) is 0.722. The van der Waals surface area contributed by atoms with Crippen molar-refractivity contribution >= 4 is 0 Å². The molecule has 3 aromatic rings. The maximum atomic E-state index is 9.32. The lowest BCUT2D eigenvalue weighted by molar-refractivity contribution is 0.290. The molecule has 0 bridgehead atoms. The lowest BCUT2D eigenvalue weighted by Gasteiger charge is -2.10. The summed E-state index contributed by atoms with van der Waals surface area (Å²) in [5.74, 6) is 0.827. The van der Waals surface area contributed by atoms with Crippen LogP contribution in [0.5, 0.6) is 5.75 Å². The van der Waals surface area contributed by atoms with Crippen molar-refractivity contribution in [2.45, 2.75) is 20.4 Å². The average molecular weight is 318 g/mol. The molecule has 0 saturated heterocycles. The zero-order chi connectivity index (χ0) is 16.9. The third-order valence-corrected chi connectivity index (χ3v) is 3.80. The largest absolute Gasteiger partial charge is 0.492 e. The molecule has 0 N–H and O–H groups in total. The number of benzene rings is 2. The van der Waals surface area contributed by atoms with Gasteiger partial charge < -0.3 is 4.74 Å². The molecule has 0 fully saturated rings. The van der Waals surface area contributed by atoms with E-state index in [2.05, 4.69) is 16.4 Å². The third-order valence-electron chi connectivity index (χ3n) is 3.80. The van der Waals surface area contributed by atoms with Gasteiger partial charge in [0, 0.05) is 5.56 Å². The minimum absolute atomic E-state index is 0.333. The summed E-state index contributed by atoms with van der Waals surface area (Å²) in [7, 11) is 0. The molecule has 0 spiro atoms. The number of nitriles is 1. The monoisotopic (exact) mass is 318 g/mol. The van der Waals surface area contributed by atoms with Gasteiger partial charge in [-0.1, -0.05) is 41.6 Å². The molecule has 24 heavy (non-hydrogen) atoms. The number of hydrogen-bond acceptors (Lipinski definition) is 4. The van der Waals surface area contributed by atoms with E-state index in [1.54, 1.807) is 4.68 Å². The molecular weight excluding hydrogens is 300 g/mol. The van der Waals surface area contributed by atoms with E-state index in [1.807, 2.05) is 62.4 Å². The highest BCUT2D eigenvalue weighted by Crippen LogP contribution is 2.25. The van der Waals surface area contributed by atoms with Gasteiger partial charge in [-0.3, -0.25) is 0 Å². The van der Waals surface area contributed by atoms with E-state index in [4.69, 9.17) is 4.74 Å². The average Bonchev–Trinajstić information content (AvgIpc) is 2.98. The van der Waals surface area contributed by atoms with E-state index in [9.17, 15) is 5.26 Å². The van der Waals surface area contributed by atoms with Crippen LogP contribution >= 0.6 is 0 Å². The second kappa shape index (κ2) is 6.97. The molecule has 5 heteroatoms. The molecule has 0 radical (unpaired) electrons. The molecule has 0 atom stereocenters. The molecule has 120 valence electrons. The molecule has 0 amide bonds. The van der Waals surface area contributed by atoms with Crippen molar-refractivity contribution in [2.75, 3.05) is 6.61 Å². The number of rotatable bonds is 5. The van der Waals surface area contributed by atoms with Crippen molar-refractivity contribution < 1.29 is 4.74 Å². The highest BCUT2D eigenvalue weighted by atomic mass is 16.5. The molecule has 0 aliphatic rings. The summed E-state index contributed by atoms with van der Waals surface area (Å²) >= 11 is 0. The number of ether oxygens (including phenoxy) is 1. The lowest BCUT2D eigenvalue weighted by atomic mass is 10.0. The van der Waals surface area contributed by atoms with Crippen molar-refractivity contribution in [3.05, 3.63) is 65.4 Å². The fraction of sp³-hybridized carbons (Fsp3) is 0.211. The molecule has 1 heterocycles. The number of nitrogens with zero attached hydrogens (tertiary/aromatic N) is 4. The zero-order valence-electron chi connectivity index (χ0n) is 13.7. The first-order valence-electron chi connectivity index (χ1n) is 7.78. The molecular formula is C19H18N4O. The van der Waals surface area contributed by atoms with Crippen LogP contribution < -0.4 is 4.74 Å². The predicted molar refractivity (Wildman–Crippen MR) is 91.6 cm³/mol. The van der Waals surface area contributed by atoms with Crippen LogP contribution in [-0.2, 0) is 6.54 Å². The Hall–Kier alpha value is -3.13. The number of aromatic nitrogens is 3. The van der Waals surface area contributed by atoms with Crippen LogP contribution in [0.4, 0.5) is 0 Å². The van der Waals surface area contributed by atoms with Crippen molar-refractivity contribution in [1.29, 1.82) is 5.26 Å². The topological polar surface area (TPSA) is 63.7 Å². The number of hydrogen-bond donors (Lipinski definition) is 0. The first-order valence-corrected chi connectivity index (χ1v) is 7.78. The Balaban J connectivity index is 1.81. The maximum absolute atomic E-state index is 9.32. The fourth-order valence-electron chi connectivity index (χ4n) is 2.61. The zero-order valence-corrected chi connectivity index (χ0v) is 13.7. The van der Waals surface area contributed by atoms with E-state index >= 15 is 0 Å². The van der Waals surface area contributed by atoms with E-state index in [0.29, 0.717) is 18.8 Å². The van der Waals surface area contributed by atoms with Gasteiger partial charge in [0.1, 0.15) is 24.1 Å². The molecule has 0 aliphatic carbocycles. The molecule has 2 aromatic carbocycles.